The lowest BCUT2D eigenvalue weighted by Crippen LogP contribution is -2.25. The van der Waals surface area contributed by atoms with Crippen LogP contribution in [0.4, 0.5) is 5.95 Å². The zero-order chi connectivity index (χ0) is 17.5. The number of aryl methyl sites for hydroxylation is 2. The number of ether oxygens (including phenoxy) is 1. The molecule has 1 N–H and O–H groups in total. The summed E-state index contributed by atoms with van der Waals surface area (Å²) in [6, 6.07) is 7.17. The van der Waals surface area contributed by atoms with Crippen molar-refractivity contribution >= 4 is 17.7 Å². The molecular weight excluding hydrogens is 306 g/mol. The van der Waals surface area contributed by atoms with Crippen molar-refractivity contribution in [3.63, 3.8) is 0 Å². The van der Waals surface area contributed by atoms with E-state index in [4.69, 9.17) is 4.74 Å². The van der Waals surface area contributed by atoms with Gasteiger partial charge in [-0.1, -0.05) is 12.1 Å². The molecular formula is C18H21N3O3. The van der Waals surface area contributed by atoms with Crippen LogP contribution in [-0.4, -0.2) is 34.4 Å². The van der Waals surface area contributed by atoms with Crippen molar-refractivity contribution in [1.29, 1.82) is 0 Å². The molecule has 1 aromatic heterocycles. The van der Waals surface area contributed by atoms with Gasteiger partial charge in [0, 0.05) is 24.5 Å². The van der Waals surface area contributed by atoms with E-state index in [1.807, 2.05) is 26.0 Å². The summed E-state index contributed by atoms with van der Waals surface area (Å²) in [7, 11) is 0. The molecule has 0 saturated heterocycles. The van der Waals surface area contributed by atoms with Crippen molar-refractivity contribution in [2.75, 3.05) is 11.9 Å². The third-order valence-electron chi connectivity index (χ3n) is 3.65. The van der Waals surface area contributed by atoms with Gasteiger partial charge in [0.05, 0.1) is 6.42 Å². The molecule has 0 amide bonds. The Morgan fingerprint density at radius 3 is 2.54 bits per heavy atom. The number of hydrogen-bond acceptors (Lipinski definition) is 6. The van der Waals surface area contributed by atoms with Gasteiger partial charge in [-0.05, 0) is 44.0 Å². The molecule has 0 saturated carbocycles. The van der Waals surface area contributed by atoms with Crippen LogP contribution in [0.25, 0.3) is 0 Å². The number of hydrogen-bond donors (Lipinski definition) is 1. The highest BCUT2D eigenvalue weighted by molar-refractivity contribution is 6.00. The van der Waals surface area contributed by atoms with Gasteiger partial charge in [-0.2, -0.15) is 0 Å². The molecule has 2 aromatic rings. The Morgan fingerprint density at radius 2 is 1.88 bits per heavy atom. The number of carbonyl (C=O) groups is 2. The van der Waals surface area contributed by atoms with Gasteiger partial charge in [0.25, 0.3) is 0 Å². The van der Waals surface area contributed by atoms with E-state index in [9.17, 15) is 9.59 Å². The molecule has 0 aliphatic rings. The maximum Gasteiger partial charge on any atom is 0.308 e. The Morgan fingerprint density at radius 1 is 1.17 bits per heavy atom. The Labute approximate surface area is 141 Å². The Hall–Kier alpha value is -2.76. The van der Waals surface area contributed by atoms with Gasteiger partial charge >= 0.3 is 5.97 Å². The van der Waals surface area contributed by atoms with Crippen LogP contribution in [0.1, 0.15) is 34.8 Å². The lowest BCUT2D eigenvalue weighted by Gasteiger charge is -2.13. The molecule has 1 atom stereocenters. The minimum absolute atomic E-state index is 0.128. The van der Waals surface area contributed by atoms with Gasteiger partial charge < -0.3 is 10.1 Å². The van der Waals surface area contributed by atoms with Gasteiger partial charge in [-0.25, -0.2) is 9.97 Å². The number of esters is 1. The molecule has 0 aliphatic heterocycles. The number of Topliss-reactive ketones (excluding diaryl/α,β-unsaturated/α-hetero) is 1. The Kier molecular flexibility index (Phi) is 6.01. The van der Waals surface area contributed by atoms with Gasteiger partial charge in [-0.3, -0.25) is 9.59 Å². The van der Waals surface area contributed by atoms with Gasteiger partial charge in [0.2, 0.25) is 11.7 Å². The van der Waals surface area contributed by atoms with Gasteiger partial charge in [0.15, 0.2) is 6.10 Å². The number of rotatable bonds is 7. The van der Waals surface area contributed by atoms with Crippen LogP contribution in [-0.2, 0) is 9.53 Å². The fourth-order valence-electron chi connectivity index (χ4n) is 2.11. The van der Waals surface area contributed by atoms with E-state index >= 15 is 0 Å². The van der Waals surface area contributed by atoms with Crippen molar-refractivity contribution in [1.82, 2.24) is 9.97 Å². The summed E-state index contributed by atoms with van der Waals surface area (Å²) >= 11 is 0. The van der Waals surface area contributed by atoms with E-state index in [1.54, 1.807) is 31.5 Å². The summed E-state index contributed by atoms with van der Waals surface area (Å²) < 4.78 is 5.21. The minimum atomic E-state index is -0.812. The molecule has 0 bridgehead atoms. The standard InChI is InChI=1S/C18H21N3O3/c1-12-5-6-15(11-13(12)2)17(23)14(3)24-16(22)7-10-21-18-19-8-4-9-20-18/h4-6,8-9,11,14H,7,10H2,1-3H3,(H,19,20,21). The Bertz CT molecular complexity index is 717. The predicted molar refractivity (Wildman–Crippen MR) is 90.9 cm³/mol. The average molecular weight is 327 g/mol. The highest BCUT2D eigenvalue weighted by Gasteiger charge is 2.19. The summed E-state index contributed by atoms with van der Waals surface area (Å²) in [5.41, 5.74) is 2.70. The fraction of sp³-hybridized carbons (Fsp3) is 0.333. The van der Waals surface area contributed by atoms with Crippen LogP contribution in [0, 0.1) is 13.8 Å². The number of nitrogens with one attached hydrogen (secondary N) is 1. The molecule has 2 rings (SSSR count). The maximum absolute atomic E-state index is 12.3. The van der Waals surface area contributed by atoms with Crippen molar-refractivity contribution in [2.45, 2.75) is 33.3 Å². The van der Waals surface area contributed by atoms with Crippen molar-refractivity contribution in [2.24, 2.45) is 0 Å². The van der Waals surface area contributed by atoms with Gasteiger partial charge in [-0.15, -0.1) is 0 Å². The van der Waals surface area contributed by atoms with Crippen LogP contribution in [0.15, 0.2) is 36.7 Å². The SMILES string of the molecule is Cc1ccc(C(=O)C(C)OC(=O)CCNc2ncccn2)cc1C. The van der Waals surface area contributed by atoms with Crippen LogP contribution >= 0.6 is 0 Å². The summed E-state index contributed by atoms with van der Waals surface area (Å²) in [4.78, 5) is 32.2. The van der Waals surface area contributed by atoms with Crippen LogP contribution < -0.4 is 5.32 Å². The normalized spacial score (nSPS) is 11.6. The van der Waals surface area contributed by atoms with Crippen LogP contribution in [0.2, 0.25) is 0 Å². The number of nitrogens with zero attached hydrogens (tertiary/aromatic N) is 2. The van der Waals surface area contributed by atoms with E-state index in [-0.39, 0.29) is 12.2 Å². The first kappa shape index (κ1) is 17.6. The van der Waals surface area contributed by atoms with E-state index < -0.39 is 12.1 Å². The summed E-state index contributed by atoms with van der Waals surface area (Å²) in [5.74, 6) is -0.196. The Balaban J connectivity index is 1.82. The van der Waals surface area contributed by atoms with Crippen molar-refractivity contribution < 1.29 is 14.3 Å². The molecule has 24 heavy (non-hydrogen) atoms. The summed E-state index contributed by atoms with van der Waals surface area (Å²) in [6.45, 7) is 5.85. The van der Waals surface area contributed by atoms with Gasteiger partial charge in [0.1, 0.15) is 0 Å². The lowest BCUT2D eigenvalue weighted by molar-refractivity contribution is -0.145. The lowest BCUT2D eigenvalue weighted by atomic mass is 10.0. The third-order valence-corrected chi connectivity index (χ3v) is 3.65. The minimum Gasteiger partial charge on any atom is -0.454 e. The highest BCUT2D eigenvalue weighted by Crippen LogP contribution is 2.13. The van der Waals surface area contributed by atoms with Crippen LogP contribution in [0.3, 0.4) is 0 Å². The first-order valence-electron chi connectivity index (χ1n) is 7.79. The second-order valence-corrected chi connectivity index (χ2v) is 5.54. The molecule has 1 aromatic carbocycles. The smallest absolute Gasteiger partial charge is 0.308 e. The second-order valence-electron chi connectivity index (χ2n) is 5.54. The summed E-state index contributed by atoms with van der Waals surface area (Å²) in [5, 5.41) is 2.92. The number of aromatic nitrogens is 2. The first-order chi connectivity index (χ1) is 11.5. The number of benzene rings is 1. The van der Waals surface area contributed by atoms with E-state index in [1.165, 1.54) is 0 Å². The van der Waals surface area contributed by atoms with E-state index in [2.05, 4.69) is 15.3 Å². The molecule has 126 valence electrons. The number of ketones is 1. The molecule has 0 radical (unpaired) electrons. The summed E-state index contributed by atoms with van der Waals surface area (Å²) in [6.07, 6.45) is 2.53. The third kappa shape index (κ3) is 4.87. The van der Waals surface area contributed by atoms with E-state index in [0.717, 1.165) is 11.1 Å². The largest absolute Gasteiger partial charge is 0.454 e. The van der Waals surface area contributed by atoms with Crippen molar-refractivity contribution in [3.8, 4) is 0 Å². The monoisotopic (exact) mass is 327 g/mol. The molecule has 1 heterocycles. The highest BCUT2D eigenvalue weighted by atomic mass is 16.5. The zero-order valence-corrected chi connectivity index (χ0v) is 14.1. The predicted octanol–water partition coefficient (Wildman–Crippen LogP) is 2.71. The molecule has 6 heteroatoms. The molecule has 6 nitrogen and oxygen atoms in total. The number of carbonyl (C=O) groups excluding carboxylic acids is 2. The first-order valence-corrected chi connectivity index (χ1v) is 7.79. The average Bonchev–Trinajstić information content (AvgIpc) is 2.57. The quantitative estimate of drug-likeness (QED) is 0.622. The fourth-order valence-corrected chi connectivity index (χ4v) is 2.11. The molecule has 0 fully saturated rings. The van der Waals surface area contributed by atoms with Crippen molar-refractivity contribution in [3.05, 3.63) is 53.3 Å². The second kappa shape index (κ2) is 8.19. The topological polar surface area (TPSA) is 81.2 Å². The van der Waals surface area contributed by atoms with E-state index in [0.29, 0.717) is 18.1 Å². The number of anilines is 1. The molecule has 0 aliphatic carbocycles. The molecule has 1 unspecified atom stereocenters. The molecule has 0 spiro atoms. The van der Waals surface area contributed by atoms with Crippen LogP contribution in [0.5, 0.6) is 0 Å². The zero-order valence-electron chi connectivity index (χ0n) is 14.1. The maximum atomic E-state index is 12.3.